The number of nitrogens with zero attached hydrogens (tertiary/aromatic N) is 4. The van der Waals surface area contributed by atoms with Crippen LogP contribution in [-0.4, -0.2) is 78.4 Å². The molecule has 13 nitrogen and oxygen atoms in total. The molecule has 4 aromatic carbocycles. The van der Waals surface area contributed by atoms with Gasteiger partial charge in [-0.1, -0.05) is 72.8 Å². The van der Waals surface area contributed by atoms with Crippen molar-refractivity contribution in [3.05, 3.63) is 166 Å². The molecule has 5 aromatic rings. The smallest absolute Gasteiger partial charge is 0.351 e. The molecule has 0 bridgehead atoms. The molecule has 4 atom stereocenters. The number of amides is 1. The van der Waals surface area contributed by atoms with Crippen LogP contribution in [0.25, 0.3) is 4.85 Å². The van der Waals surface area contributed by atoms with Gasteiger partial charge in [0.1, 0.15) is 41.9 Å². The fraction of sp³-hybridized carbons (Fsp3) is 0.348. The molecule has 1 N–H and O–H groups in total. The van der Waals surface area contributed by atoms with Crippen LogP contribution in [0.4, 0.5) is 5.82 Å². The third-order valence-electron chi connectivity index (χ3n) is 10.1. The first-order chi connectivity index (χ1) is 29.1. The van der Waals surface area contributed by atoms with E-state index in [1.165, 1.54) is 4.57 Å². The molecule has 0 aliphatic carbocycles. The monoisotopic (exact) mass is 833 g/mol. The minimum Gasteiger partial charge on any atom is -0.497 e. The number of hydrogen-bond acceptors (Lipinski definition) is 10. The highest BCUT2D eigenvalue weighted by atomic mass is 31.2. The van der Waals surface area contributed by atoms with Gasteiger partial charge in [0.05, 0.1) is 26.9 Å². The Labute approximate surface area is 353 Å². The number of nitrogens with one attached hydrogen (secondary N) is 1. The third-order valence-corrected chi connectivity index (χ3v) is 12.3. The molecule has 1 aliphatic heterocycles. The maximum Gasteiger partial charge on any atom is 0.351 e. The van der Waals surface area contributed by atoms with E-state index >= 15 is 0 Å². The van der Waals surface area contributed by atoms with Crippen molar-refractivity contribution in [3.8, 4) is 11.5 Å². The van der Waals surface area contributed by atoms with E-state index in [1.807, 2.05) is 84.9 Å². The van der Waals surface area contributed by atoms with E-state index in [4.69, 9.17) is 34.6 Å². The number of methoxy groups -OCH3 is 2. The topological polar surface area (TPSA) is 127 Å². The van der Waals surface area contributed by atoms with Crippen molar-refractivity contribution in [1.82, 2.24) is 14.2 Å². The minimum atomic E-state index is -1.69. The molecule has 6 rings (SSSR count). The molecular weight excluding hydrogens is 782 g/mol. The van der Waals surface area contributed by atoms with Gasteiger partial charge in [-0.2, -0.15) is 4.98 Å². The molecule has 60 heavy (non-hydrogen) atoms. The zero-order valence-electron chi connectivity index (χ0n) is 34.8. The van der Waals surface area contributed by atoms with Crippen LogP contribution in [-0.2, 0) is 24.1 Å². The molecule has 0 saturated carbocycles. The Morgan fingerprint density at radius 1 is 0.883 bits per heavy atom. The Kier molecular flexibility index (Phi) is 15.2. The summed E-state index contributed by atoms with van der Waals surface area (Å²) in [7, 11) is 1.56. The Bertz CT molecular complexity index is 2180. The summed E-state index contributed by atoms with van der Waals surface area (Å²) in [6.07, 6.45) is -0.326. The molecule has 0 radical (unpaired) electrons. The molecule has 2 heterocycles. The van der Waals surface area contributed by atoms with Crippen molar-refractivity contribution < 1.29 is 32.8 Å². The average molecular weight is 834 g/mol. The standard InChI is InChI=1S/C46H52N5O8P/c1-32(2)51(33(3)4)60(57-29-27-47-5)59-40-30-43(50-28-26-42(49-45(50)53)48-44(52)34-14-10-8-11-15-34)58-41(40)31-56-46(35-16-12-9-13-17-35,36-18-22-38(54-6)23-19-36)37-20-24-39(55-7)25-21-37/h8-26,28,32-33,40-41,43H,27,29-31H2,1-4,6-7H3,(H,48,49,52,53)/t40-,41-,43-,60?/m1/s1. The van der Waals surface area contributed by atoms with Crippen molar-refractivity contribution in [2.45, 2.75) is 70.2 Å². The van der Waals surface area contributed by atoms with Gasteiger partial charge in [-0.05, 0) is 86.8 Å². The van der Waals surface area contributed by atoms with Crippen molar-refractivity contribution in [3.63, 3.8) is 0 Å². The van der Waals surface area contributed by atoms with E-state index < -0.39 is 38.3 Å². The second kappa shape index (κ2) is 20.7. The molecule has 1 unspecified atom stereocenters. The third kappa shape index (κ3) is 10.3. The average Bonchev–Trinajstić information content (AvgIpc) is 3.66. The maximum atomic E-state index is 13.7. The lowest BCUT2D eigenvalue weighted by molar-refractivity contribution is -0.0925. The quantitative estimate of drug-likeness (QED) is 0.0375. The number of aromatic nitrogens is 2. The number of carbonyl (C=O) groups excluding carboxylic acids is 1. The van der Waals surface area contributed by atoms with Crippen molar-refractivity contribution in [1.29, 1.82) is 0 Å². The molecule has 0 spiro atoms. The van der Waals surface area contributed by atoms with Gasteiger partial charge in [0.2, 0.25) is 6.54 Å². The highest BCUT2D eigenvalue weighted by molar-refractivity contribution is 7.44. The van der Waals surface area contributed by atoms with Gasteiger partial charge in [0.25, 0.3) is 14.4 Å². The van der Waals surface area contributed by atoms with Crippen LogP contribution in [0.3, 0.4) is 0 Å². The normalized spacial score (nSPS) is 17.1. The van der Waals surface area contributed by atoms with E-state index in [0.717, 1.165) is 16.7 Å². The predicted octanol–water partition coefficient (Wildman–Crippen LogP) is 8.48. The lowest BCUT2D eigenvalue weighted by atomic mass is 9.80. The van der Waals surface area contributed by atoms with Gasteiger partial charge in [-0.15, -0.1) is 0 Å². The highest BCUT2D eigenvalue weighted by Crippen LogP contribution is 2.50. The van der Waals surface area contributed by atoms with Gasteiger partial charge in [-0.25, -0.2) is 16.0 Å². The summed E-state index contributed by atoms with van der Waals surface area (Å²) in [6, 6.07) is 35.9. The first-order valence-corrected chi connectivity index (χ1v) is 21.0. The number of benzene rings is 4. The SMILES string of the molecule is [C-]#[N+]CCOP(O[C@@H]1C[C@H](n2ccc(NC(=O)c3ccccc3)nc2=O)O[C@@H]1COC(c1ccccc1)(c1ccc(OC)cc1)c1ccc(OC)cc1)N(C(C)C)C(C)C. The molecule has 1 amide bonds. The van der Waals surface area contributed by atoms with Crippen molar-refractivity contribution in [2.75, 3.05) is 39.3 Å². The molecule has 314 valence electrons. The van der Waals surface area contributed by atoms with E-state index in [-0.39, 0.29) is 50.0 Å². The summed E-state index contributed by atoms with van der Waals surface area (Å²) in [5.41, 5.74) is 1.24. The Balaban J connectivity index is 1.39. The van der Waals surface area contributed by atoms with E-state index in [0.29, 0.717) is 17.1 Å². The highest BCUT2D eigenvalue weighted by Gasteiger charge is 2.45. The lowest BCUT2D eigenvalue weighted by Gasteiger charge is -2.39. The second-order valence-electron chi connectivity index (χ2n) is 14.7. The number of ether oxygens (including phenoxy) is 4. The second-order valence-corrected chi connectivity index (χ2v) is 16.1. The molecule has 1 fully saturated rings. The van der Waals surface area contributed by atoms with Crippen LogP contribution in [0.1, 0.15) is 67.4 Å². The van der Waals surface area contributed by atoms with Crippen molar-refractivity contribution in [2.24, 2.45) is 0 Å². The fourth-order valence-corrected chi connectivity index (χ4v) is 9.05. The molecular formula is C46H52N5O8P. The Morgan fingerprint density at radius 3 is 1.98 bits per heavy atom. The van der Waals surface area contributed by atoms with Gasteiger partial charge < -0.3 is 38.2 Å². The molecule has 1 saturated heterocycles. The molecule has 1 aliphatic rings. The fourth-order valence-electron chi connectivity index (χ4n) is 7.30. The van der Waals surface area contributed by atoms with E-state index in [9.17, 15) is 9.59 Å². The summed E-state index contributed by atoms with van der Waals surface area (Å²) < 4.78 is 42.0. The van der Waals surface area contributed by atoms with Crippen LogP contribution in [0, 0.1) is 6.57 Å². The summed E-state index contributed by atoms with van der Waals surface area (Å²) in [6.45, 7) is 16.1. The van der Waals surface area contributed by atoms with Crippen LogP contribution >= 0.6 is 8.53 Å². The number of rotatable bonds is 19. The number of hydrogen-bond donors (Lipinski definition) is 1. The summed E-state index contributed by atoms with van der Waals surface area (Å²) >= 11 is 0. The van der Waals surface area contributed by atoms with E-state index in [1.54, 1.807) is 50.7 Å². The Morgan fingerprint density at radius 2 is 1.45 bits per heavy atom. The molecule has 1 aromatic heterocycles. The number of carbonyl (C=O) groups is 1. The lowest BCUT2D eigenvalue weighted by Crippen LogP contribution is -2.39. The predicted molar refractivity (Wildman–Crippen MR) is 231 cm³/mol. The zero-order chi connectivity index (χ0) is 42.6. The zero-order valence-corrected chi connectivity index (χ0v) is 35.7. The van der Waals surface area contributed by atoms with Gasteiger partial charge >= 0.3 is 5.69 Å². The van der Waals surface area contributed by atoms with Crippen LogP contribution in [0.5, 0.6) is 11.5 Å². The minimum absolute atomic E-state index is 0.0239. The summed E-state index contributed by atoms with van der Waals surface area (Å²) in [4.78, 5) is 34.3. The van der Waals surface area contributed by atoms with Gasteiger partial charge in [-0.3, -0.25) is 9.36 Å². The molecule has 14 heteroatoms. The summed E-state index contributed by atoms with van der Waals surface area (Å²) in [5.74, 6) is 1.12. The van der Waals surface area contributed by atoms with Gasteiger partial charge in [0, 0.05) is 30.3 Å². The van der Waals surface area contributed by atoms with Crippen LogP contribution in [0.15, 0.2) is 126 Å². The maximum absolute atomic E-state index is 13.7. The first kappa shape index (κ1) is 44.1. The largest absolute Gasteiger partial charge is 0.497 e. The van der Waals surface area contributed by atoms with Crippen LogP contribution < -0.4 is 20.5 Å². The van der Waals surface area contributed by atoms with E-state index in [2.05, 4.69) is 47.5 Å². The first-order valence-electron chi connectivity index (χ1n) is 19.9. The van der Waals surface area contributed by atoms with Crippen LogP contribution in [0.2, 0.25) is 0 Å². The Hall–Kier alpha value is -5.45. The summed E-state index contributed by atoms with van der Waals surface area (Å²) in [5, 5.41) is 2.71. The van der Waals surface area contributed by atoms with Crippen molar-refractivity contribution >= 4 is 20.3 Å². The van der Waals surface area contributed by atoms with Gasteiger partial charge in [0.15, 0.2) is 0 Å². The number of anilines is 1.